The third-order valence-electron chi connectivity index (χ3n) is 4.29. The molecular weight excluding hydrogens is 208 g/mol. The molecule has 3 atom stereocenters. The summed E-state index contributed by atoms with van der Waals surface area (Å²) in [6, 6.07) is 9.55. The molecule has 2 heteroatoms. The highest BCUT2D eigenvalue weighted by Crippen LogP contribution is 2.35. The predicted octanol–water partition coefficient (Wildman–Crippen LogP) is 2.97. The Kier molecular flexibility index (Phi) is 3.06. The van der Waals surface area contributed by atoms with E-state index in [9.17, 15) is 0 Å². The van der Waals surface area contributed by atoms with Gasteiger partial charge >= 0.3 is 0 Å². The molecule has 1 fully saturated rings. The van der Waals surface area contributed by atoms with Crippen LogP contribution in [0.15, 0.2) is 24.3 Å². The van der Waals surface area contributed by atoms with Crippen molar-refractivity contribution in [3.05, 3.63) is 29.8 Å². The number of anilines is 1. The molecule has 2 aliphatic rings. The fourth-order valence-electron chi connectivity index (χ4n) is 3.01. The van der Waals surface area contributed by atoms with E-state index in [2.05, 4.69) is 41.8 Å². The monoisotopic (exact) mass is 230 g/mol. The Hall–Kier alpha value is -1.02. The van der Waals surface area contributed by atoms with Gasteiger partial charge < -0.3 is 10.6 Å². The Bertz CT molecular complexity index is 388. The molecular formula is C15H22N2. The van der Waals surface area contributed by atoms with Crippen LogP contribution in [0, 0.1) is 5.92 Å². The van der Waals surface area contributed by atoms with Crippen LogP contribution in [-0.4, -0.2) is 19.1 Å². The predicted molar refractivity (Wildman–Crippen MR) is 72.5 cm³/mol. The highest BCUT2D eigenvalue weighted by atomic mass is 15.0. The maximum atomic E-state index is 3.69. The molecule has 3 rings (SSSR count). The van der Waals surface area contributed by atoms with E-state index in [1.54, 1.807) is 0 Å². The molecule has 0 saturated heterocycles. The highest BCUT2D eigenvalue weighted by Gasteiger charge is 2.34. The van der Waals surface area contributed by atoms with Crippen molar-refractivity contribution in [3.63, 3.8) is 0 Å². The van der Waals surface area contributed by atoms with Gasteiger partial charge in [-0.3, -0.25) is 0 Å². The zero-order valence-electron chi connectivity index (χ0n) is 10.6. The molecule has 0 spiro atoms. The van der Waals surface area contributed by atoms with E-state index in [-0.39, 0.29) is 0 Å². The van der Waals surface area contributed by atoms with Crippen molar-refractivity contribution in [1.82, 2.24) is 5.32 Å². The van der Waals surface area contributed by atoms with Crippen LogP contribution in [0.5, 0.6) is 0 Å². The van der Waals surface area contributed by atoms with Gasteiger partial charge in [-0.15, -0.1) is 0 Å². The first-order valence-corrected chi connectivity index (χ1v) is 6.94. The first kappa shape index (κ1) is 11.1. The van der Waals surface area contributed by atoms with Gasteiger partial charge in [-0.1, -0.05) is 31.5 Å². The summed E-state index contributed by atoms with van der Waals surface area (Å²) in [6.45, 7) is 4.58. The Labute approximate surface area is 104 Å². The molecule has 1 saturated carbocycles. The summed E-state index contributed by atoms with van der Waals surface area (Å²) in [5.41, 5.74) is 2.85. The fraction of sp³-hybridized carbons (Fsp3) is 0.600. The van der Waals surface area contributed by atoms with Crippen LogP contribution in [0.25, 0.3) is 0 Å². The summed E-state index contributed by atoms with van der Waals surface area (Å²) in [4.78, 5) is 0. The molecule has 2 N–H and O–H groups in total. The molecule has 1 aliphatic heterocycles. The molecule has 92 valence electrons. The largest absolute Gasteiger partial charge is 0.384 e. The zero-order valence-corrected chi connectivity index (χ0v) is 10.6. The van der Waals surface area contributed by atoms with E-state index < -0.39 is 0 Å². The maximum absolute atomic E-state index is 3.69. The number of hydrogen-bond acceptors (Lipinski definition) is 2. The van der Waals surface area contributed by atoms with E-state index in [4.69, 9.17) is 0 Å². The summed E-state index contributed by atoms with van der Waals surface area (Å²) in [6.07, 6.45) is 4.00. The van der Waals surface area contributed by atoms with Gasteiger partial charge in [0.05, 0.1) is 0 Å². The average molecular weight is 230 g/mol. The third kappa shape index (κ3) is 2.32. The van der Waals surface area contributed by atoms with E-state index in [0.717, 1.165) is 18.5 Å². The molecule has 1 aliphatic carbocycles. The minimum Gasteiger partial charge on any atom is -0.384 e. The summed E-state index contributed by atoms with van der Waals surface area (Å²) < 4.78 is 0. The minimum atomic E-state index is 0.706. The SMILES string of the molecule is CCC1CC1NCCC1CNc2ccccc21. The molecule has 0 radical (unpaired) electrons. The Morgan fingerprint density at radius 3 is 3.06 bits per heavy atom. The second-order valence-corrected chi connectivity index (χ2v) is 5.42. The van der Waals surface area contributed by atoms with E-state index >= 15 is 0 Å². The van der Waals surface area contributed by atoms with Crippen molar-refractivity contribution < 1.29 is 0 Å². The Morgan fingerprint density at radius 2 is 2.24 bits per heavy atom. The van der Waals surface area contributed by atoms with Gasteiger partial charge in [0.15, 0.2) is 0 Å². The van der Waals surface area contributed by atoms with Crippen LogP contribution >= 0.6 is 0 Å². The summed E-state index contributed by atoms with van der Waals surface area (Å²) in [5.74, 6) is 1.67. The zero-order chi connectivity index (χ0) is 11.7. The number of nitrogens with one attached hydrogen (secondary N) is 2. The first-order valence-electron chi connectivity index (χ1n) is 6.94. The summed E-state index contributed by atoms with van der Waals surface area (Å²) in [5, 5.41) is 7.18. The van der Waals surface area contributed by atoms with Crippen LogP contribution in [0.1, 0.15) is 37.7 Å². The number of hydrogen-bond donors (Lipinski definition) is 2. The second-order valence-electron chi connectivity index (χ2n) is 5.42. The van der Waals surface area contributed by atoms with Crippen molar-refractivity contribution in [2.24, 2.45) is 5.92 Å². The Balaban J connectivity index is 1.48. The van der Waals surface area contributed by atoms with Gasteiger partial charge in [-0.25, -0.2) is 0 Å². The molecule has 17 heavy (non-hydrogen) atoms. The smallest absolute Gasteiger partial charge is 0.0376 e. The van der Waals surface area contributed by atoms with Gasteiger partial charge in [0.2, 0.25) is 0 Å². The van der Waals surface area contributed by atoms with Gasteiger partial charge in [0.1, 0.15) is 0 Å². The molecule has 0 amide bonds. The number of rotatable bonds is 5. The molecule has 1 heterocycles. The van der Waals surface area contributed by atoms with Crippen molar-refractivity contribution in [3.8, 4) is 0 Å². The van der Waals surface area contributed by atoms with Gasteiger partial charge in [0, 0.05) is 24.2 Å². The van der Waals surface area contributed by atoms with Gasteiger partial charge in [-0.05, 0) is 36.9 Å². The van der Waals surface area contributed by atoms with Crippen molar-refractivity contribution >= 4 is 5.69 Å². The molecule has 2 nitrogen and oxygen atoms in total. The summed E-state index contributed by atoms with van der Waals surface area (Å²) in [7, 11) is 0. The second kappa shape index (κ2) is 4.69. The van der Waals surface area contributed by atoms with Crippen LogP contribution in [0.3, 0.4) is 0 Å². The van der Waals surface area contributed by atoms with Crippen LogP contribution in [0.2, 0.25) is 0 Å². The average Bonchev–Trinajstić information content (AvgIpc) is 3.01. The molecule has 3 unspecified atom stereocenters. The van der Waals surface area contributed by atoms with E-state index in [1.165, 1.54) is 37.1 Å². The lowest BCUT2D eigenvalue weighted by atomic mass is 9.98. The van der Waals surface area contributed by atoms with Crippen molar-refractivity contribution in [1.29, 1.82) is 0 Å². The lowest BCUT2D eigenvalue weighted by molar-refractivity contribution is 0.566. The molecule has 0 aromatic heterocycles. The van der Waals surface area contributed by atoms with Crippen molar-refractivity contribution in [2.75, 3.05) is 18.4 Å². The van der Waals surface area contributed by atoms with Crippen molar-refractivity contribution in [2.45, 2.75) is 38.1 Å². The normalized spacial score (nSPS) is 29.8. The highest BCUT2D eigenvalue weighted by molar-refractivity contribution is 5.57. The number of benzene rings is 1. The van der Waals surface area contributed by atoms with Gasteiger partial charge in [-0.2, -0.15) is 0 Å². The third-order valence-corrected chi connectivity index (χ3v) is 4.29. The molecule has 1 aromatic carbocycles. The topological polar surface area (TPSA) is 24.1 Å². The molecule has 0 bridgehead atoms. The maximum Gasteiger partial charge on any atom is 0.0376 e. The number of para-hydroxylation sites is 1. The van der Waals surface area contributed by atoms with Crippen LogP contribution in [0.4, 0.5) is 5.69 Å². The van der Waals surface area contributed by atoms with Crippen LogP contribution in [-0.2, 0) is 0 Å². The fourth-order valence-corrected chi connectivity index (χ4v) is 3.01. The number of fused-ring (bicyclic) bond motifs is 1. The standard InChI is InChI=1S/C15H22N2/c1-2-11-9-15(11)16-8-7-12-10-17-14-6-4-3-5-13(12)14/h3-6,11-12,15-17H,2,7-10H2,1H3. The lowest BCUT2D eigenvalue weighted by Crippen LogP contribution is -2.21. The van der Waals surface area contributed by atoms with Crippen LogP contribution < -0.4 is 10.6 Å². The van der Waals surface area contributed by atoms with E-state index in [0.29, 0.717) is 5.92 Å². The quantitative estimate of drug-likeness (QED) is 0.812. The van der Waals surface area contributed by atoms with E-state index in [1.807, 2.05) is 0 Å². The summed E-state index contributed by atoms with van der Waals surface area (Å²) >= 11 is 0. The first-order chi connectivity index (χ1) is 8.38. The Morgan fingerprint density at radius 1 is 1.35 bits per heavy atom. The minimum absolute atomic E-state index is 0.706. The molecule has 1 aromatic rings. The lowest BCUT2D eigenvalue weighted by Gasteiger charge is -2.10. The van der Waals surface area contributed by atoms with Gasteiger partial charge in [0.25, 0.3) is 0 Å².